The van der Waals surface area contributed by atoms with E-state index in [1.165, 1.54) is 48.5 Å². The van der Waals surface area contributed by atoms with Crippen LogP contribution >= 0.6 is 0 Å². The molecular weight excluding hydrogens is 436 g/mol. The molecule has 0 atom stereocenters. The van der Waals surface area contributed by atoms with Gasteiger partial charge in [0.15, 0.2) is 0 Å². The van der Waals surface area contributed by atoms with Crippen LogP contribution in [0.5, 0.6) is 0 Å². The SMILES string of the molecule is Fc1ccc(C(=C2CCC2=C(c2ccc(F)cc2)c2ccc(F)cc2)c2ccc(F)cc2)cc1. The minimum atomic E-state index is -0.338. The van der Waals surface area contributed by atoms with Gasteiger partial charge in [-0.3, -0.25) is 0 Å². The van der Waals surface area contributed by atoms with Gasteiger partial charge in [-0.05, 0) is 106 Å². The third-order valence-corrected chi connectivity index (χ3v) is 6.12. The summed E-state index contributed by atoms with van der Waals surface area (Å²) in [6.07, 6.45) is 1.54. The Hall–Kier alpha value is -3.92. The topological polar surface area (TPSA) is 0 Å². The Labute approximate surface area is 195 Å². The number of benzene rings is 4. The van der Waals surface area contributed by atoms with Crippen LogP contribution in [-0.2, 0) is 0 Å². The summed E-state index contributed by atoms with van der Waals surface area (Å²) in [7, 11) is 0. The number of halogens is 4. The number of rotatable bonds is 4. The summed E-state index contributed by atoms with van der Waals surface area (Å²) in [4.78, 5) is 0. The van der Waals surface area contributed by atoms with Crippen LogP contribution in [0.15, 0.2) is 108 Å². The molecule has 0 amide bonds. The lowest BCUT2D eigenvalue weighted by molar-refractivity contribution is 0.627. The molecule has 34 heavy (non-hydrogen) atoms. The van der Waals surface area contributed by atoms with Crippen molar-refractivity contribution in [1.29, 1.82) is 0 Å². The predicted octanol–water partition coefficient (Wildman–Crippen LogP) is 8.34. The van der Waals surface area contributed by atoms with Crippen molar-refractivity contribution in [3.05, 3.63) is 154 Å². The van der Waals surface area contributed by atoms with Crippen molar-refractivity contribution >= 4 is 11.1 Å². The minimum absolute atomic E-state index is 0.338. The molecule has 0 heterocycles. The van der Waals surface area contributed by atoms with E-state index in [4.69, 9.17) is 0 Å². The van der Waals surface area contributed by atoms with E-state index in [0.717, 1.165) is 57.4 Å². The fourth-order valence-corrected chi connectivity index (χ4v) is 4.42. The average molecular weight is 456 g/mol. The molecule has 1 aliphatic rings. The summed E-state index contributed by atoms with van der Waals surface area (Å²) in [5, 5.41) is 0. The van der Waals surface area contributed by atoms with Gasteiger partial charge in [-0.15, -0.1) is 0 Å². The molecule has 1 saturated carbocycles. The molecule has 0 N–H and O–H groups in total. The number of hydrogen-bond acceptors (Lipinski definition) is 0. The Morgan fingerprint density at radius 2 is 0.559 bits per heavy atom. The van der Waals surface area contributed by atoms with Crippen molar-refractivity contribution in [3.8, 4) is 0 Å². The standard InChI is InChI=1S/C30H20F4/c31-23-9-1-19(2-10-23)29(20-3-11-24(32)12-4-20)27-17-18-28(27)30(21-5-13-25(33)14-6-21)22-7-15-26(34)16-8-22/h1-16H,17-18H2. The Morgan fingerprint density at radius 3 is 0.735 bits per heavy atom. The van der Waals surface area contributed by atoms with E-state index in [9.17, 15) is 17.6 Å². The Bertz CT molecular complexity index is 1170. The van der Waals surface area contributed by atoms with Gasteiger partial charge in [0.2, 0.25) is 0 Å². The fourth-order valence-electron chi connectivity index (χ4n) is 4.42. The van der Waals surface area contributed by atoms with Gasteiger partial charge >= 0.3 is 0 Å². The Kier molecular flexibility index (Phi) is 5.89. The normalized spacial score (nSPS) is 12.9. The second kappa shape index (κ2) is 9.14. The van der Waals surface area contributed by atoms with Gasteiger partial charge in [-0.2, -0.15) is 0 Å². The smallest absolute Gasteiger partial charge is 0.123 e. The highest BCUT2D eigenvalue weighted by atomic mass is 19.1. The maximum Gasteiger partial charge on any atom is 0.123 e. The van der Waals surface area contributed by atoms with Gasteiger partial charge in [-0.1, -0.05) is 48.5 Å². The molecule has 0 aromatic heterocycles. The first-order chi connectivity index (χ1) is 16.5. The molecule has 1 aliphatic carbocycles. The number of allylic oxidation sites excluding steroid dienone is 2. The Morgan fingerprint density at radius 1 is 0.353 bits per heavy atom. The first-order valence-electron chi connectivity index (χ1n) is 11.0. The van der Waals surface area contributed by atoms with Gasteiger partial charge in [0, 0.05) is 0 Å². The monoisotopic (exact) mass is 456 g/mol. The van der Waals surface area contributed by atoms with Crippen LogP contribution in [0.2, 0.25) is 0 Å². The average Bonchev–Trinajstić information content (AvgIpc) is 2.83. The van der Waals surface area contributed by atoms with Crippen LogP contribution in [0.3, 0.4) is 0 Å². The summed E-state index contributed by atoms with van der Waals surface area (Å²) < 4.78 is 54.7. The summed E-state index contributed by atoms with van der Waals surface area (Å²) in [6, 6.07) is 25.0. The van der Waals surface area contributed by atoms with Gasteiger partial charge in [-0.25, -0.2) is 17.6 Å². The van der Waals surface area contributed by atoms with Crippen LogP contribution in [-0.4, -0.2) is 0 Å². The van der Waals surface area contributed by atoms with Gasteiger partial charge in [0.1, 0.15) is 23.3 Å². The molecular formula is C30H20F4. The Balaban J connectivity index is 1.77. The van der Waals surface area contributed by atoms with Gasteiger partial charge in [0.05, 0.1) is 0 Å². The van der Waals surface area contributed by atoms with Crippen LogP contribution < -0.4 is 0 Å². The summed E-state index contributed by atoms with van der Waals surface area (Å²) in [5.74, 6) is -1.35. The maximum atomic E-state index is 13.7. The van der Waals surface area contributed by atoms with E-state index in [0.29, 0.717) is 0 Å². The second-order valence-corrected chi connectivity index (χ2v) is 8.23. The van der Waals surface area contributed by atoms with Crippen molar-refractivity contribution in [1.82, 2.24) is 0 Å². The summed E-state index contributed by atoms with van der Waals surface area (Å²) in [6.45, 7) is 0. The van der Waals surface area contributed by atoms with E-state index in [-0.39, 0.29) is 23.3 Å². The molecule has 168 valence electrons. The van der Waals surface area contributed by atoms with Gasteiger partial charge < -0.3 is 0 Å². The van der Waals surface area contributed by atoms with E-state index in [1.54, 1.807) is 48.5 Å². The van der Waals surface area contributed by atoms with E-state index in [2.05, 4.69) is 0 Å². The number of hydrogen-bond donors (Lipinski definition) is 0. The quantitative estimate of drug-likeness (QED) is 0.271. The summed E-state index contributed by atoms with van der Waals surface area (Å²) >= 11 is 0. The molecule has 4 aromatic rings. The third-order valence-electron chi connectivity index (χ3n) is 6.12. The van der Waals surface area contributed by atoms with E-state index >= 15 is 0 Å². The zero-order valence-electron chi connectivity index (χ0n) is 18.2. The molecule has 5 rings (SSSR count). The van der Waals surface area contributed by atoms with E-state index in [1.807, 2.05) is 0 Å². The lowest BCUT2D eigenvalue weighted by Crippen LogP contribution is -2.11. The molecule has 0 unspecified atom stereocenters. The highest BCUT2D eigenvalue weighted by Gasteiger charge is 2.27. The first-order valence-corrected chi connectivity index (χ1v) is 11.0. The minimum Gasteiger partial charge on any atom is -0.207 e. The molecule has 0 spiro atoms. The third kappa shape index (κ3) is 4.32. The fraction of sp³-hybridized carbons (Fsp3) is 0.0667. The molecule has 0 nitrogen and oxygen atoms in total. The van der Waals surface area contributed by atoms with Crippen LogP contribution in [0.1, 0.15) is 35.1 Å². The molecule has 0 radical (unpaired) electrons. The van der Waals surface area contributed by atoms with Crippen LogP contribution in [0.4, 0.5) is 17.6 Å². The van der Waals surface area contributed by atoms with Crippen molar-refractivity contribution in [2.24, 2.45) is 0 Å². The molecule has 0 bridgehead atoms. The zero-order chi connectivity index (χ0) is 23.7. The molecule has 4 aromatic carbocycles. The molecule has 1 fully saturated rings. The predicted molar refractivity (Wildman–Crippen MR) is 127 cm³/mol. The van der Waals surface area contributed by atoms with Crippen LogP contribution in [0.25, 0.3) is 11.1 Å². The van der Waals surface area contributed by atoms with Crippen LogP contribution in [0, 0.1) is 23.3 Å². The van der Waals surface area contributed by atoms with E-state index < -0.39 is 0 Å². The maximum absolute atomic E-state index is 13.7. The molecule has 4 heteroatoms. The largest absolute Gasteiger partial charge is 0.207 e. The highest BCUT2D eigenvalue weighted by Crippen LogP contribution is 2.47. The zero-order valence-corrected chi connectivity index (χ0v) is 18.2. The van der Waals surface area contributed by atoms with Gasteiger partial charge in [0.25, 0.3) is 0 Å². The highest BCUT2D eigenvalue weighted by molar-refractivity contribution is 5.93. The lowest BCUT2D eigenvalue weighted by Gasteiger charge is -2.30. The first kappa shape index (κ1) is 21.9. The van der Waals surface area contributed by atoms with Crippen molar-refractivity contribution < 1.29 is 17.6 Å². The lowest BCUT2D eigenvalue weighted by atomic mass is 9.73. The molecule has 0 aliphatic heterocycles. The molecule has 0 saturated heterocycles. The van der Waals surface area contributed by atoms with Crippen molar-refractivity contribution in [3.63, 3.8) is 0 Å². The summed E-state index contributed by atoms with van der Waals surface area (Å²) in [5.41, 5.74) is 7.14. The van der Waals surface area contributed by atoms with Crippen molar-refractivity contribution in [2.75, 3.05) is 0 Å². The van der Waals surface area contributed by atoms with Crippen molar-refractivity contribution in [2.45, 2.75) is 12.8 Å². The second-order valence-electron chi connectivity index (χ2n) is 8.23.